The van der Waals surface area contributed by atoms with Gasteiger partial charge in [-0.2, -0.15) is 0 Å². The highest BCUT2D eigenvalue weighted by Gasteiger charge is 2.33. The minimum absolute atomic E-state index is 0.156. The smallest absolute Gasteiger partial charge is 0.244 e. The van der Waals surface area contributed by atoms with Gasteiger partial charge in [-0.25, -0.2) is 12.8 Å². The maximum Gasteiger partial charge on any atom is 0.244 e. The summed E-state index contributed by atoms with van der Waals surface area (Å²) in [7, 11) is -3.87. The lowest BCUT2D eigenvalue weighted by Gasteiger charge is -2.34. The molecule has 0 aromatic heterocycles. The zero-order chi connectivity index (χ0) is 28.6. The van der Waals surface area contributed by atoms with Crippen LogP contribution in [0, 0.1) is 5.82 Å². The van der Waals surface area contributed by atoms with E-state index in [1.54, 1.807) is 42.5 Å². The maximum absolute atomic E-state index is 14.8. The van der Waals surface area contributed by atoms with Crippen LogP contribution in [-0.4, -0.2) is 50.0 Å². The van der Waals surface area contributed by atoms with E-state index in [0.29, 0.717) is 12.1 Å². The topological polar surface area (TPSA) is 86.8 Å². The number of carbonyl (C=O) groups excluding carboxylic acids is 2. The highest BCUT2D eigenvalue weighted by atomic mass is 79.9. The molecule has 208 valence electrons. The number of anilines is 1. The summed E-state index contributed by atoms with van der Waals surface area (Å²) in [5.74, 6) is -1.55. The number of hydrogen-bond donors (Lipinski definition) is 1. The third kappa shape index (κ3) is 8.63. The van der Waals surface area contributed by atoms with Crippen LogP contribution in [0.1, 0.15) is 31.4 Å². The van der Waals surface area contributed by atoms with E-state index in [4.69, 9.17) is 0 Å². The van der Waals surface area contributed by atoms with E-state index in [0.717, 1.165) is 20.6 Å². The molecule has 0 aliphatic heterocycles. The predicted octanol–water partition coefficient (Wildman–Crippen LogP) is 4.91. The van der Waals surface area contributed by atoms with Crippen LogP contribution in [0.4, 0.5) is 10.1 Å². The van der Waals surface area contributed by atoms with Gasteiger partial charge in [0.05, 0.1) is 11.9 Å². The number of hydrogen-bond acceptors (Lipinski definition) is 4. The average Bonchev–Trinajstić information content (AvgIpc) is 2.90. The van der Waals surface area contributed by atoms with Crippen LogP contribution in [0.15, 0.2) is 83.3 Å². The van der Waals surface area contributed by atoms with Crippen molar-refractivity contribution < 1.29 is 22.4 Å². The number of halogens is 2. The van der Waals surface area contributed by atoms with E-state index in [2.05, 4.69) is 21.2 Å². The summed E-state index contributed by atoms with van der Waals surface area (Å²) < 4.78 is 42.1. The van der Waals surface area contributed by atoms with Crippen molar-refractivity contribution in [2.45, 2.75) is 45.3 Å². The molecule has 0 unspecified atom stereocenters. The van der Waals surface area contributed by atoms with Crippen molar-refractivity contribution in [1.82, 2.24) is 10.2 Å². The van der Waals surface area contributed by atoms with Crippen molar-refractivity contribution in [2.24, 2.45) is 0 Å². The van der Waals surface area contributed by atoms with Gasteiger partial charge in [-0.1, -0.05) is 71.4 Å². The molecule has 3 rings (SSSR count). The Morgan fingerprint density at radius 2 is 1.59 bits per heavy atom. The molecule has 0 heterocycles. The molecular formula is C29H33BrFN3O4S. The van der Waals surface area contributed by atoms with Crippen LogP contribution >= 0.6 is 15.9 Å². The molecule has 0 aliphatic carbocycles. The van der Waals surface area contributed by atoms with Crippen LogP contribution in [-0.2, 0) is 32.6 Å². The summed E-state index contributed by atoms with van der Waals surface area (Å²) in [6.45, 7) is 3.02. The standard InChI is InChI=1S/C29H33BrFN3O4S/c1-4-21(2)32-29(36)27(18-22-10-6-5-7-11-22)33(19-23-12-8-9-13-26(23)31)28(35)20-34(39(3,37)38)25-16-14-24(30)15-17-25/h5-17,21,27H,4,18-20H2,1-3H3,(H,32,36)/t21-,27+/m0/s1. The van der Waals surface area contributed by atoms with Crippen molar-refractivity contribution in [3.05, 3.63) is 100 Å². The molecule has 0 fully saturated rings. The van der Waals surface area contributed by atoms with E-state index in [1.807, 2.05) is 44.2 Å². The first-order chi connectivity index (χ1) is 18.5. The SMILES string of the molecule is CC[C@H](C)NC(=O)[C@@H](Cc1ccccc1)N(Cc1ccccc1F)C(=O)CN(c1ccc(Br)cc1)S(C)(=O)=O. The van der Waals surface area contributed by atoms with Crippen LogP contribution in [0.2, 0.25) is 0 Å². The molecule has 0 saturated carbocycles. The molecule has 0 radical (unpaired) electrons. The Kier molecular flexibility index (Phi) is 10.7. The van der Waals surface area contributed by atoms with Crippen LogP contribution in [0.5, 0.6) is 0 Å². The Hall–Kier alpha value is -3.24. The van der Waals surface area contributed by atoms with Gasteiger partial charge in [0.15, 0.2) is 0 Å². The van der Waals surface area contributed by atoms with Crippen LogP contribution < -0.4 is 9.62 Å². The quantitative estimate of drug-likeness (QED) is 0.313. The van der Waals surface area contributed by atoms with Crippen molar-refractivity contribution in [2.75, 3.05) is 17.1 Å². The van der Waals surface area contributed by atoms with Gasteiger partial charge in [0.25, 0.3) is 0 Å². The molecule has 0 saturated heterocycles. The largest absolute Gasteiger partial charge is 0.352 e. The van der Waals surface area contributed by atoms with E-state index < -0.39 is 40.2 Å². The van der Waals surface area contributed by atoms with Crippen molar-refractivity contribution in [3.8, 4) is 0 Å². The van der Waals surface area contributed by atoms with E-state index in [1.165, 1.54) is 11.0 Å². The van der Waals surface area contributed by atoms with Gasteiger partial charge in [-0.3, -0.25) is 13.9 Å². The fourth-order valence-electron chi connectivity index (χ4n) is 4.03. The number of nitrogens with one attached hydrogen (secondary N) is 1. The fourth-order valence-corrected chi connectivity index (χ4v) is 5.14. The van der Waals surface area contributed by atoms with Crippen molar-refractivity contribution in [1.29, 1.82) is 0 Å². The normalized spacial score (nSPS) is 12.8. The lowest BCUT2D eigenvalue weighted by atomic mass is 10.0. The Labute approximate surface area is 238 Å². The molecule has 7 nitrogen and oxygen atoms in total. The molecule has 39 heavy (non-hydrogen) atoms. The summed E-state index contributed by atoms with van der Waals surface area (Å²) in [4.78, 5) is 28.8. The van der Waals surface area contributed by atoms with Crippen LogP contribution in [0.3, 0.4) is 0 Å². The van der Waals surface area contributed by atoms with E-state index >= 15 is 0 Å². The molecule has 2 atom stereocenters. The van der Waals surface area contributed by atoms with Crippen molar-refractivity contribution in [3.63, 3.8) is 0 Å². The highest BCUT2D eigenvalue weighted by molar-refractivity contribution is 9.10. The lowest BCUT2D eigenvalue weighted by molar-refractivity contribution is -0.140. The predicted molar refractivity (Wildman–Crippen MR) is 155 cm³/mol. The van der Waals surface area contributed by atoms with Gasteiger partial charge in [0, 0.05) is 29.0 Å². The first-order valence-corrected chi connectivity index (χ1v) is 15.2. The Morgan fingerprint density at radius 3 is 2.18 bits per heavy atom. The fraction of sp³-hybridized carbons (Fsp3) is 0.310. The van der Waals surface area contributed by atoms with Gasteiger partial charge in [0.1, 0.15) is 18.4 Å². The Morgan fingerprint density at radius 1 is 0.974 bits per heavy atom. The average molecular weight is 619 g/mol. The van der Waals surface area contributed by atoms with Gasteiger partial charge in [-0.05, 0) is 49.2 Å². The number of rotatable bonds is 12. The molecule has 0 bridgehead atoms. The Bertz CT molecular complexity index is 1370. The Balaban J connectivity index is 2.06. The van der Waals surface area contributed by atoms with Gasteiger partial charge in [-0.15, -0.1) is 0 Å². The summed E-state index contributed by atoms with van der Waals surface area (Å²) in [6.07, 6.45) is 1.86. The maximum atomic E-state index is 14.8. The summed E-state index contributed by atoms with van der Waals surface area (Å²) in [5.41, 5.74) is 1.32. The first-order valence-electron chi connectivity index (χ1n) is 12.6. The minimum Gasteiger partial charge on any atom is -0.352 e. The summed E-state index contributed by atoms with van der Waals surface area (Å²) in [6, 6.07) is 20.6. The second-order valence-electron chi connectivity index (χ2n) is 9.38. The number of nitrogens with zero attached hydrogens (tertiary/aromatic N) is 2. The molecule has 0 aliphatic rings. The molecule has 3 aromatic rings. The zero-order valence-electron chi connectivity index (χ0n) is 22.2. The molecule has 2 amide bonds. The number of amides is 2. The summed E-state index contributed by atoms with van der Waals surface area (Å²) in [5, 5.41) is 2.94. The first kappa shape index (κ1) is 30.3. The third-order valence-corrected chi connectivity index (χ3v) is 8.03. The molecule has 0 spiro atoms. The molecule has 1 N–H and O–H groups in total. The molecule has 10 heteroatoms. The van der Waals surface area contributed by atoms with Gasteiger partial charge >= 0.3 is 0 Å². The van der Waals surface area contributed by atoms with Crippen molar-refractivity contribution >= 4 is 43.5 Å². The number of benzene rings is 3. The number of carbonyl (C=O) groups is 2. The lowest BCUT2D eigenvalue weighted by Crippen LogP contribution is -2.54. The number of sulfonamides is 1. The van der Waals surface area contributed by atoms with E-state index in [9.17, 15) is 22.4 Å². The summed E-state index contributed by atoms with van der Waals surface area (Å²) >= 11 is 3.33. The third-order valence-electron chi connectivity index (χ3n) is 6.36. The van der Waals surface area contributed by atoms with Crippen LogP contribution in [0.25, 0.3) is 0 Å². The second kappa shape index (κ2) is 13.7. The highest BCUT2D eigenvalue weighted by Crippen LogP contribution is 2.23. The molecule has 3 aromatic carbocycles. The van der Waals surface area contributed by atoms with E-state index in [-0.39, 0.29) is 24.6 Å². The van der Waals surface area contributed by atoms with Gasteiger partial charge in [0.2, 0.25) is 21.8 Å². The monoisotopic (exact) mass is 617 g/mol. The zero-order valence-corrected chi connectivity index (χ0v) is 24.6. The molecular weight excluding hydrogens is 585 g/mol. The minimum atomic E-state index is -3.87. The second-order valence-corrected chi connectivity index (χ2v) is 12.2. The van der Waals surface area contributed by atoms with Gasteiger partial charge < -0.3 is 10.2 Å².